The van der Waals surface area contributed by atoms with Gasteiger partial charge in [0.1, 0.15) is 8.07 Å². The smallest absolute Gasteiger partial charge is 0.233 e. The molecule has 2 atom stereocenters. The van der Waals surface area contributed by atoms with Crippen LogP contribution in [0.5, 0.6) is 0 Å². The van der Waals surface area contributed by atoms with Crippen molar-refractivity contribution < 1.29 is 4.79 Å². The van der Waals surface area contributed by atoms with Crippen molar-refractivity contribution in [1.82, 2.24) is 4.98 Å². The predicted molar refractivity (Wildman–Crippen MR) is 128 cm³/mol. The Morgan fingerprint density at radius 2 is 1.97 bits per heavy atom. The zero-order chi connectivity index (χ0) is 21.4. The second-order valence-corrected chi connectivity index (χ2v) is 14.8. The molecule has 30 heavy (non-hydrogen) atoms. The largest absolute Gasteiger partial charge is 0.301 e. The van der Waals surface area contributed by atoms with Gasteiger partial charge in [-0.2, -0.15) is 0 Å². The number of thiazole rings is 1. The van der Waals surface area contributed by atoms with Gasteiger partial charge in [-0.1, -0.05) is 62.0 Å². The molecule has 0 aliphatic heterocycles. The second kappa shape index (κ2) is 7.86. The molecule has 1 amide bonds. The number of hydrogen-bond acceptors (Lipinski definition) is 3. The predicted octanol–water partition coefficient (Wildman–Crippen LogP) is 5.71. The average molecular weight is 431 g/mol. The molecule has 1 aromatic heterocycles. The van der Waals surface area contributed by atoms with Gasteiger partial charge in [0, 0.05) is 23.1 Å². The monoisotopic (exact) mass is 430 g/mol. The van der Waals surface area contributed by atoms with Crippen LogP contribution in [0.4, 0.5) is 5.13 Å². The van der Waals surface area contributed by atoms with E-state index in [0.717, 1.165) is 11.1 Å². The lowest BCUT2D eigenvalue weighted by Crippen LogP contribution is -2.37. The maximum absolute atomic E-state index is 13.5. The van der Waals surface area contributed by atoms with Gasteiger partial charge in [0.15, 0.2) is 5.13 Å². The van der Waals surface area contributed by atoms with Crippen LogP contribution in [-0.2, 0) is 11.2 Å². The first-order chi connectivity index (χ1) is 14.3. The maximum Gasteiger partial charge on any atom is 0.233 e. The highest BCUT2D eigenvalue weighted by atomic mass is 32.1. The van der Waals surface area contributed by atoms with Gasteiger partial charge in [-0.25, -0.2) is 4.98 Å². The third-order valence-corrected chi connectivity index (χ3v) is 7.10. The van der Waals surface area contributed by atoms with Gasteiger partial charge in [-0.05, 0) is 42.2 Å². The summed E-state index contributed by atoms with van der Waals surface area (Å²) in [5.74, 6) is 3.37. The van der Waals surface area contributed by atoms with E-state index in [4.69, 9.17) is 0 Å². The normalized spacial score (nSPS) is 20.2. The zero-order valence-electron chi connectivity index (χ0n) is 17.8. The van der Waals surface area contributed by atoms with E-state index in [1.54, 1.807) is 6.20 Å². The highest BCUT2D eigenvalue weighted by Crippen LogP contribution is 2.51. The third-order valence-electron chi connectivity index (χ3n) is 5.54. The van der Waals surface area contributed by atoms with E-state index >= 15 is 0 Å². The summed E-state index contributed by atoms with van der Waals surface area (Å²) in [4.78, 5) is 17.7. The summed E-state index contributed by atoms with van der Waals surface area (Å²) in [6.45, 7) is 8.82. The van der Waals surface area contributed by atoms with Gasteiger partial charge in [0.25, 0.3) is 0 Å². The van der Waals surface area contributed by atoms with Crippen molar-refractivity contribution in [1.29, 1.82) is 0 Å². The SMILES string of the molecule is C[C@@]1(C(=O)Nc2nccs2)Cc2ccc(C#C[Si](C)(C)C)cc2[C@@H]1c1ccccc1. The Balaban J connectivity index is 1.78. The Labute approximate surface area is 183 Å². The number of carbonyl (C=O) groups excluding carboxylic acids is 1. The number of carbonyl (C=O) groups is 1. The van der Waals surface area contributed by atoms with E-state index in [9.17, 15) is 4.79 Å². The fourth-order valence-corrected chi connectivity index (χ4v) is 5.18. The standard InChI is InChI=1S/C25H26N2OSSi/c1-25(23(28)27-24-26-13-14-29-24)17-20-11-10-18(12-15-30(2,3)4)16-21(20)22(25)19-8-6-5-7-9-19/h5-11,13-14,16,22H,17H2,1-4H3,(H,26,27,28)/t22-,25+/m0/s1. The molecule has 0 saturated carbocycles. The first-order valence-electron chi connectivity index (χ1n) is 10.2. The van der Waals surface area contributed by atoms with Crippen molar-refractivity contribution in [3.8, 4) is 11.5 Å². The fraction of sp³-hybridized carbons (Fsp3) is 0.280. The van der Waals surface area contributed by atoms with E-state index in [1.165, 1.54) is 22.5 Å². The van der Waals surface area contributed by atoms with E-state index < -0.39 is 13.5 Å². The van der Waals surface area contributed by atoms with Crippen LogP contribution in [0.1, 0.15) is 35.1 Å². The van der Waals surface area contributed by atoms with Crippen LogP contribution in [0, 0.1) is 16.9 Å². The number of nitrogens with zero attached hydrogens (tertiary/aromatic N) is 1. The number of rotatable bonds is 3. The minimum atomic E-state index is -1.46. The van der Waals surface area contributed by atoms with Gasteiger partial charge in [0.2, 0.25) is 5.91 Å². The summed E-state index contributed by atoms with van der Waals surface area (Å²) < 4.78 is 0. The van der Waals surface area contributed by atoms with Crippen LogP contribution in [0.25, 0.3) is 0 Å². The molecular weight excluding hydrogens is 404 g/mol. The molecule has 152 valence electrons. The first-order valence-corrected chi connectivity index (χ1v) is 14.6. The summed E-state index contributed by atoms with van der Waals surface area (Å²) in [6.07, 6.45) is 2.41. The van der Waals surface area contributed by atoms with Crippen LogP contribution in [0.2, 0.25) is 19.6 Å². The Kier molecular flexibility index (Phi) is 5.39. The Bertz CT molecular complexity index is 1120. The van der Waals surface area contributed by atoms with Crippen LogP contribution in [0.3, 0.4) is 0 Å². The summed E-state index contributed by atoms with van der Waals surface area (Å²) in [5, 5.41) is 5.56. The summed E-state index contributed by atoms with van der Waals surface area (Å²) in [7, 11) is -1.46. The molecule has 0 fully saturated rings. The number of nitrogens with one attached hydrogen (secondary N) is 1. The number of amides is 1. The quantitative estimate of drug-likeness (QED) is 0.427. The molecule has 0 bridgehead atoms. The summed E-state index contributed by atoms with van der Waals surface area (Å²) >= 11 is 1.44. The second-order valence-electron chi connectivity index (χ2n) is 9.14. The molecule has 5 heteroatoms. The molecule has 2 aromatic carbocycles. The molecule has 1 N–H and O–H groups in total. The zero-order valence-corrected chi connectivity index (χ0v) is 19.6. The molecule has 3 nitrogen and oxygen atoms in total. The molecule has 0 spiro atoms. The van der Waals surface area contributed by atoms with Gasteiger partial charge < -0.3 is 5.32 Å². The fourth-order valence-electron chi connectivity index (χ4n) is 4.13. The lowest BCUT2D eigenvalue weighted by Gasteiger charge is -2.31. The van der Waals surface area contributed by atoms with Gasteiger partial charge in [-0.3, -0.25) is 4.79 Å². The lowest BCUT2D eigenvalue weighted by molar-refractivity contribution is -0.125. The summed E-state index contributed by atoms with van der Waals surface area (Å²) in [6, 6.07) is 16.8. The Morgan fingerprint density at radius 1 is 1.20 bits per heavy atom. The van der Waals surface area contributed by atoms with Crippen molar-refractivity contribution in [3.63, 3.8) is 0 Å². The molecule has 1 aliphatic carbocycles. The molecule has 3 aromatic rings. The van der Waals surface area contributed by atoms with Crippen LogP contribution in [0.15, 0.2) is 60.1 Å². The van der Waals surface area contributed by atoms with Crippen molar-refractivity contribution in [2.75, 3.05) is 5.32 Å². The highest BCUT2D eigenvalue weighted by Gasteiger charge is 2.48. The highest BCUT2D eigenvalue weighted by molar-refractivity contribution is 7.13. The topological polar surface area (TPSA) is 42.0 Å². The van der Waals surface area contributed by atoms with E-state index in [1.807, 2.05) is 23.6 Å². The first kappa shape index (κ1) is 20.6. The molecule has 1 aliphatic rings. The Morgan fingerprint density at radius 3 is 2.63 bits per heavy atom. The number of benzene rings is 2. The van der Waals surface area contributed by atoms with Gasteiger partial charge in [0.05, 0.1) is 5.41 Å². The Hall–Kier alpha value is -2.68. The van der Waals surface area contributed by atoms with Crippen LogP contribution in [-0.4, -0.2) is 19.0 Å². The molecule has 0 saturated heterocycles. The maximum atomic E-state index is 13.5. The van der Waals surface area contributed by atoms with Gasteiger partial charge in [-0.15, -0.1) is 16.9 Å². The molecule has 0 unspecified atom stereocenters. The minimum Gasteiger partial charge on any atom is -0.301 e. The van der Waals surface area contributed by atoms with Crippen molar-refractivity contribution >= 4 is 30.4 Å². The van der Waals surface area contributed by atoms with E-state index in [-0.39, 0.29) is 11.8 Å². The van der Waals surface area contributed by atoms with Crippen LogP contribution < -0.4 is 5.32 Å². The van der Waals surface area contributed by atoms with E-state index in [0.29, 0.717) is 11.6 Å². The lowest BCUT2D eigenvalue weighted by atomic mass is 9.73. The van der Waals surface area contributed by atoms with Crippen molar-refractivity contribution in [2.45, 2.75) is 38.9 Å². The third kappa shape index (κ3) is 4.11. The molecule has 1 heterocycles. The molecule has 4 rings (SSSR count). The van der Waals surface area contributed by atoms with Crippen molar-refractivity contribution in [3.05, 3.63) is 82.4 Å². The van der Waals surface area contributed by atoms with Crippen LogP contribution >= 0.6 is 11.3 Å². The molecule has 0 radical (unpaired) electrons. The number of hydrogen-bond donors (Lipinski definition) is 1. The van der Waals surface area contributed by atoms with E-state index in [2.05, 4.69) is 78.7 Å². The minimum absolute atomic E-state index is 0.0113. The molecular formula is C25H26N2OSSi. The average Bonchev–Trinajstić information content (AvgIpc) is 3.31. The summed E-state index contributed by atoms with van der Waals surface area (Å²) in [5.41, 5.74) is 7.48. The van der Waals surface area contributed by atoms with Crippen molar-refractivity contribution in [2.24, 2.45) is 5.41 Å². The number of fused-ring (bicyclic) bond motifs is 1. The van der Waals surface area contributed by atoms with Gasteiger partial charge >= 0.3 is 0 Å². The number of anilines is 1. The number of aromatic nitrogens is 1.